The highest BCUT2D eigenvalue weighted by Crippen LogP contribution is 2.41. The molecule has 3 heterocycles. The molecule has 0 saturated heterocycles. The van der Waals surface area contributed by atoms with Gasteiger partial charge in [0.1, 0.15) is 5.82 Å². The fraction of sp³-hybridized carbons (Fsp3) is 0.238. The number of aryl methyl sites for hydroxylation is 1. The minimum absolute atomic E-state index is 0.182. The fourth-order valence-corrected chi connectivity index (χ4v) is 4.11. The zero-order valence-corrected chi connectivity index (χ0v) is 17.8. The molecule has 1 aliphatic carbocycles. The molecule has 156 valence electrons. The van der Waals surface area contributed by atoms with Gasteiger partial charge in [-0.2, -0.15) is 15.0 Å². The number of pyridine rings is 1. The third-order valence-electron chi connectivity index (χ3n) is 4.92. The molecule has 1 saturated carbocycles. The van der Waals surface area contributed by atoms with Crippen molar-refractivity contribution in [3.05, 3.63) is 60.2 Å². The monoisotopic (exact) mass is 431 g/mol. The number of nitrogen functional groups attached to an aromatic ring is 1. The molecule has 1 aromatic carbocycles. The quantitative estimate of drug-likeness (QED) is 0.421. The Morgan fingerprint density at radius 1 is 1.10 bits per heavy atom. The molecular weight excluding hydrogens is 410 g/mol. The van der Waals surface area contributed by atoms with Gasteiger partial charge in [-0.25, -0.2) is 0 Å². The number of nitrogens with one attached hydrogen (secondary N) is 1. The normalized spacial score (nSPS) is 13.3. The number of rotatable bonds is 7. The molecule has 0 unspecified atom stereocenters. The molecule has 0 aliphatic heterocycles. The van der Waals surface area contributed by atoms with E-state index in [9.17, 15) is 0 Å². The average molecular weight is 432 g/mol. The number of nitrogens with two attached hydrogens (primary N) is 1. The lowest BCUT2D eigenvalue weighted by Gasteiger charge is -2.10. The number of nitrogens with zero attached hydrogens (tertiary/aromatic N) is 7. The Morgan fingerprint density at radius 2 is 1.97 bits per heavy atom. The lowest BCUT2D eigenvalue weighted by Crippen LogP contribution is -2.07. The molecule has 1 aliphatic rings. The van der Waals surface area contributed by atoms with Gasteiger partial charge in [0.2, 0.25) is 11.9 Å². The third kappa shape index (κ3) is 4.33. The van der Waals surface area contributed by atoms with E-state index < -0.39 is 0 Å². The maximum absolute atomic E-state index is 5.94. The van der Waals surface area contributed by atoms with Gasteiger partial charge >= 0.3 is 0 Å². The Hall–Kier alpha value is -3.53. The SMILES string of the molecule is Cc1ccccc1Nc1nc(N)nc(CSc2nnc(-c3cccnc3)n2C2CC2)n1. The number of anilines is 3. The topological polar surface area (TPSA) is 120 Å². The molecule has 0 bridgehead atoms. The molecule has 10 heteroatoms. The second-order valence-corrected chi connectivity index (χ2v) is 8.25. The zero-order valence-electron chi connectivity index (χ0n) is 16.9. The van der Waals surface area contributed by atoms with Crippen molar-refractivity contribution in [2.75, 3.05) is 11.1 Å². The predicted molar refractivity (Wildman–Crippen MR) is 120 cm³/mol. The van der Waals surface area contributed by atoms with Crippen molar-refractivity contribution in [2.24, 2.45) is 0 Å². The summed E-state index contributed by atoms with van der Waals surface area (Å²) >= 11 is 1.54. The van der Waals surface area contributed by atoms with Crippen LogP contribution in [0.2, 0.25) is 0 Å². The van der Waals surface area contributed by atoms with Gasteiger partial charge in [-0.05, 0) is 43.5 Å². The van der Waals surface area contributed by atoms with Crippen LogP contribution in [0.3, 0.4) is 0 Å². The van der Waals surface area contributed by atoms with Crippen LogP contribution < -0.4 is 11.1 Å². The summed E-state index contributed by atoms with van der Waals surface area (Å²) in [5.74, 6) is 2.54. The van der Waals surface area contributed by atoms with E-state index in [2.05, 4.69) is 40.0 Å². The van der Waals surface area contributed by atoms with Crippen molar-refractivity contribution in [2.45, 2.75) is 36.7 Å². The van der Waals surface area contributed by atoms with Gasteiger partial charge in [0.05, 0.1) is 5.75 Å². The molecule has 0 spiro atoms. The lowest BCUT2D eigenvalue weighted by molar-refractivity contribution is 0.669. The first-order valence-corrected chi connectivity index (χ1v) is 11.0. The fourth-order valence-electron chi connectivity index (χ4n) is 3.25. The molecule has 3 aromatic heterocycles. The largest absolute Gasteiger partial charge is 0.368 e. The van der Waals surface area contributed by atoms with Crippen LogP contribution in [-0.4, -0.2) is 34.7 Å². The summed E-state index contributed by atoms with van der Waals surface area (Å²) in [6.45, 7) is 2.02. The van der Waals surface area contributed by atoms with Crippen LogP contribution in [0.5, 0.6) is 0 Å². The van der Waals surface area contributed by atoms with Crippen molar-refractivity contribution in [1.29, 1.82) is 0 Å². The van der Waals surface area contributed by atoms with Crippen molar-refractivity contribution >= 4 is 29.3 Å². The van der Waals surface area contributed by atoms with E-state index in [1.807, 2.05) is 49.5 Å². The predicted octanol–water partition coefficient (Wildman–Crippen LogP) is 3.79. The van der Waals surface area contributed by atoms with Gasteiger partial charge in [0.25, 0.3) is 0 Å². The Labute approximate surface area is 183 Å². The number of hydrogen-bond donors (Lipinski definition) is 2. The highest BCUT2D eigenvalue weighted by molar-refractivity contribution is 7.98. The van der Waals surface area contributed by atoms with E-state index in [-0.39, 0.29) is 5.95 Å². The molecule has 1 fully saturated rings. The number of thioether (sulfide) groups is 1. The van der Waals surface area contributed by atoms with E-state index in [1.54, 1.807) is 18.0 Å². The van der Waals surface area contributed by atoms with Crippen LogP contribution >= 0.6 is 11.8 Å². The van der Waals surface area contributed by atoms with Crippen molar-refractivity contribution in [1.82, 2.24) is 34.7 Å². The van der Waals surface area contributed by atoms with Crippen LogP contribution in [0.4, 0.5) is 17.6 Å². The van der Waals surface area contributed by atoms with Gasteiger partial charge < -0.3 is 11.1 Å². The van der Waals surface area contributed by atoms with Crippen LogP contribution in [0.25, 0.3) is 11.4 Å². The minimum Gasteiger partial charge on any atom is -0.368 e. The van der Waals surface area contributed by atoms with Crippen LogP contribution in [0, 0.1) is 6.92 Å². The lowest BCUT2D eigenvalue weighted by atomic mass is 10.2. The number of para-hydroxylation sites is 1. The van der Waals surface area contributed by atoms with E-state index in [4.69, 9.17) is 5.73 Å². The molecule has 5 rings (SSSR count). The van der Waals surface area contributed by atoms with Gasteiger partial charge in [-0.15, -0.1) is 10.2 Å². The maximum atomic E-state index is 5.94. The molecular formula is C21H21N9S. The van der Waals surface area contributed by atoms with Gasteiger partial charge in [0.15, 0.2) is 11.0 Å². The van der Waals surface area contributed by atoms with Gasteiger partial charge in [-0.1, -0.05) is 30.0 Å². The number of hydrogen-bond acceptors (Lipinski definition) is 9. The van der Waals surface area contributed by atoms with Gasteiger partial charge in [0, 0.05) is 29.7 Å². The second-order valence-electron chi connectivity index (χ2n) is 7.31. The summed E-state index contributed by atoms with van der Waals surface area (Å²) in [6, 6.07) is 12.3. The Kier molecular flexibility index (Phi) is 5.21. The van der Waals surface area contributed by atoms with E-state index in [1.165, 1.54) is 0 Å². The summed E-state index contributed by atoms with van der Waals surface area (Å²) in [5.41, 5.74) is 8.92. The first-order chi connectivity index (χ1) is 15.2. The number of aromatic nitrogens is 7. The summed E-state index contributed by atoms with van der Waals surface area (Å²) in [7, 11) is 0. The second kappa shape index (κ2) is 8.31. The van der Waals surface area contributed by atoms with Crippen LogP contribution in [-0.2, 0) is 5.75 Å². The summed E-state index contributed by atoms with van der Waals surface area (Å²) in [4.78, 5) is 17.3. The first kappa shape index (κ1) is 19.4. The highest BCUT2D eigenvalue weighted by Gasteiger charge is 2.30. The average Bonchev–Trinajstić information content (AvgIpc) is 3.53. The molecule has 3 N–H and O–H groups in total. The summed E-state index contributed by atoms with van der Waals surface area (Å²) in [6.07, 6.45) is 5.82. The smallest absolute Gasteiger partial charge is 0.232 e. The highest BCUT2D eigenvalue weighted by atomic mass is 32.2. The van der Waals surface area contributed by atoms with Crippen molar-refractivity contribution in [3.8, 4) is 11.4 Å². The summed E-state index contributed by atoms with van der Waals surface area (Å²) < 4.78 is 2.19. The molecule has 4 aromatic rings. The van der Waals surface area contributed by atoms with Crippen molar-refractivity contribution < 1.29 is 0 Å². The first-order valence-electron chi connectivity index (χ1n) is 9.98. The molecule has 0 radical (unpaired) electrons. The third-order valence-corrected chi connectivity index (χ3v) is 5.86. The van der Waals surface area contributed by atoms with Crippen LogP contribution in [0.15, 0.2) is 53.9 Å². The van der Waals surface area contributed by atoms with E-state index in [0.29, 0.717) is 23.6 Å². The molecule has 31 heavy (non-hydrogen) atoms. The minimum atomic E-state index is 0.182. The van der Waals surface area contributed by atoms with E-state index >= 15 is 0 Å². The van der Waals surface area contributed by atoms with E-state index in [0.717, 1.165) is 40.6 Å². The maximum Gasteiger partial charge on any atom is 0.232 e. The summed E-state index contributed by atoms with van der Waals surface area (Å²) in [5, 5.41) is 12.9. The zero-order chi connectivity index (χ0) is 21.2. The Morgan fingerprint density at radius 3 is 2.74 bits per heavy atom. The molecule has 0 atom stereocenters. The standard InChI is InChI=1S/C21H21N9S/c1-13-5-2-3-7-16(13)24-20-26-17(25-19(22)27-20)12-31-21-29-28-18(30(21)15-8-9-15)14-6-4-10-23-11-14/h2-7,10-11,15H,8-9,12H2,1H3,(H3,22,24,25,26,27). The molecule has 9 nitrogen and oxygen atoms in total. The molecule has 0 amide bonds. The number of benzene rings is 1. The Bertz CT molecular complexity index is 1200. The van der Waals surface area contributed by atoms with Crippen molar-refractivity contribution in [3.63, 3.8) is 0 Å². The van der Waals surface area contributed by atoms with Crippen LogP contribution in [0.1, 0.15) is 30.3 Å². The Balaban J connectivity index is 1.36. The van der Waals surface area contributed by atoms with Gasteiger partial charge in [-0.3, -0.25) is 9.55 Å².